The van der Waals surface area contributed by atoms with Gasteiger partial charge in [-0.05, 0) is 51.1 Å². The van der Waals surface area contributed by atoms with E-state index in [1.807, 2.05) is 6.92 Å². The Hall–Kier alpha value is -3.29. The summed E-state index contributed by atoms with van der Waals surface area (Å²) < 4.78 is 10.8. The van der Waals surface area contributed by atoms with E-state index in [9.17, 15) is 14.4 Å². The average Bonchev–Trinajstić information content (AvgIpc) is 3.11. The van der Waals surface area contributed by atoms with E-state index in [0.29, 0.717) is 23.7 Å². The summed E-state index contributed by atoms with van der Waals surface area (Å²) in [6, 6.07) is 8.26. The van der Waals surface area contributed by atoms with Crippen LogP contribution in [0.15, 0.2) is 36.5 Å². The predicted molar refractivity (Wildman–Crippen MR) is 94.1 cm³/mol. The fraction of sp³-hybridized carbons (Fsp3) is 0.278. The molecule has 0 saturated heterocycles. The van der Waals surface area contributed by atoms with E-state index < -0.39 is 17.9 Å². The van der Waals surface area contributed by atoms with Gasteiger partial charge in [-0.25, -0.2) is 0 Å². The van der Waals surface area contributed by atoms with Crippen molar-refractivity contribution in [3.05, 3.63) is 47.8 Å². The van der Waals surface area contributed by atoms with Crippen LogP contribution in [-0.4, -0.2) is 35.3 Å². The van der Waals surface area contributed by atoms with Crippen molar-refractivity contribution >= 4 is 17.6 Å². The first-order chi connectivity index (χ1) is 12.4. The van der Waals surface area contributed by atoms with E-state index in [2.05, 4.69) is 15.8 Å². The molecule has 0 aliphatic rings. The summed E-state index contributed by atoms with van der Waals surface area (Å²) in [5.41, 5.74) is 5.09. The molecule has 8 heteroatoms. The lowest BCUT2D eigenvalue weighted by molar-refractivity contribution is -0.128. The summed E-state index contributed by atoms with van der Waals surface area (Å²) in [5.74, 6) is -0.0515. The van der Waals surface area contributed by atoms with Crippen molar-refractivity contribution in [1.29, 1.82) is 0 Å². The molecule has 8 nitrogen and oxygen atoms in total. The minimum atomic E-state index is -0.829. The maximum atomic E-state index is 12.0. The molecule has 0 bridgehead atoms. The van der Waals surface area contributed by atoms with Gasteiger partial charge in [-0.15, -0.1) is 0 Å². The summed E-state index contributed by atoms with van der Waals surface area (Å²) in [6.07, 6.45) is 0.598. The maximum absolute atomic E-state index is 12.0. The predicted octanol–water partition coefficient (Wildman–Crippen LogP) is 1.84. The molecule has 3 N–H and O–H groups in total. The molecule has 1 aromatic carbocycles. The van der Waals surface area contributed by atoms with E-state index in [-0.39, 0.29) is 11.5 Å². The number of hydrogen-bond acceptors (Lipinski definition) is 5. The van der Waals surface area contributed by atoms with E-state index in [1.54, 1.807) is 31.2 Å². The zero-order valence-corrected chi connectivity index (χ0v) is 14.8. The smallest absolute Gasteiger partial charge is 0.286 e. The Kier molecular flexibility index (Phi) is 6.37. The van der Waals surface area contributed by atoms with Crippen molar-refractivity contribution in [2.75, 3.05) is 6.61 Å². The average molecular weight is 359 g/mol. The van der Waals surface area contributed by atoms with Crippen LogP contribution in [-0.2, 0) is 4.79 Å². The van der Waals surface area contributed by atoms with Crippen LogP contribution in [0, 0.1) is 0 Å². The van der Waals surface area contributed by atoms with Crippen molar-refractivity contribution in [2.45, 2.75) is 26.9 Å². The van der Waals surface area contributed by atoms with Crippen molar-refractivity contribution in [2.24, 2.45) is 0 Å². The Labute approximate surface area is 150 Å². The third-order valence-electron chi connectivity index (χ3n) is 3.45. The fourth-order valence-electron chi connectivity index (χ4n) is 2.05. The Morgan fingerprint density at radius 3 is 2.35 bits per heavy atom. The van der Waals surface area contributed by atoms with Crippen LogP contribution in [0.4, 0.5) is 0 Å². The van der Waals surface area contributed by atoms with Gasteiger partial charge in [-0.2, -0.15) is 0 Å². The summed E-state index contributed by atoms with van der Waals surface area (Å²) >= 11 is 0. The van der Waals surface area contributed by atoms with Crippen LogP contribution in [0.3, 0.4) is 0 Å². The van der Waals surface area contributed by atoms with Crippen molar-refractivity contribution < 1.29 is 23.9 Å². The number of amides is 2. The van der Waals surface area contributed by atoms with Crippen LogP contribution in [0.1, 0.15) is 41.6 Å². The molecule has 2 aromatic rings. The number of nitrogens with one attached hydrogen (secondary N) is 3. The summed E-state index contributed by atoms with van der Waals surface area (Å²) in [4.78, 5) is 37.9. The molecule has 0 unspecified atom stereocenters. The fourth-order valence-corrected chi connectivity index (χ4v) is 2.05. The highest BCUT2D eigenvalue weighted by Crippen LogP contribution is 2.18. The first kappa shape index (κ1) is 19.0. The molecule has 0 aliphatic carbocycles. The highest BCUT2D eigenvalue weighted by atomic mass is 16.5. The molecule has 0 radical (unpaired) electrons. The van der Waals surface area contributed by atoms with Crippen LogP contribution in [0.2, 0.25) is 0 Å². The molecule has 2 amide bonds. The number of H-pyrrole nitrogens is 1. The lowest BCUT2D eigenvalue weighted by Crippen LogP contribution is -2.47. The normalized spacial score (nSPS) is 11.3. The lowest BCUT2D eigenvalue weighted by Gasteiger charge is -2.15. The minimum absolute atomic E-state index is 0.163. The van der Waals surface area contributed by atoms with Crippen molar-refractivity contribution in [3.8, 4) is 11.5 Å². The number of carbonyl (C=O) groups excluding carboxylic acids is 3. The van der Waals surface area contributed by atoms with E-state index in [4.69, 9.17) is 9.47 Å². The van der Waals surface area contributed by atoms with Gasteiger partial charge in [0.25, 0.3) is 11.8 Å². The third-order valence-corrected chi connectivity index (χ3v) is 3.45. The Balaban J connectivity index is 1.84. The zero-order chi connectivity index (χ0) is 19.1. The lowest BCUT2D eigenvalue weighted by atomic mass is 10.2. The third kappa shape index (κ3) is 5.10. The highest BCUT2D eigenvalue weighted by molar-refractivity contribution is 5.99. The van der Waals surface area contributed by atoms with Gasteiger partial charge in [0.05, 0.1) is 6.61 Å². The second-order valence-corrected chi connectivity index (χ2v) is 5.47. The molecule has 0 spiro atoms. The van der Waals surface area contributed by atoms with E-state index >= 15 is 0 Å². The molecule has 1 aromatic heterocycles. The van der Waals surface area contributed by atoms with E-state index in [1.165, 1.54) is 19.2 Å². The number of Topliss-reactive ketones (excluding diaryl/α,β-unsaturated/α-hetero) is 1. The van der Waals surface area contributed by atoms with Gasteiger partial charge < -0.3 is 14.5 Å². The Morgan fingerprint density at radius 2 is 1.77 bits per heavy atom. The number of ether oxygens (including phenoxy) is 2. The number of benzene rings is 1. The number of aromatic amines is 1. The first-order valence-corrected chi connectivity index (χ1v) is 8.09. The standard InChI is InChI=1S/C18H21N3O5/c1-4-25-14-5-7-15(8-6-14)26-12(3)17(23)20-21-18(24)16-9-13(10-19-16)11(2)22/h5-10,12,19H,4H2,1-3H3,(H,20,23)(H,21,24)/t12-/m1/s1. The summed E-state index contributed by atoms with van der Waals surface area (Å²) in [6.45, 7) is 5.40. The number of rotatable bonds is 7. The number of hydrazine groups is 1. The van der Waals surface area contributed by atoms with Gasteiger partial charge in [-0.1, -0.05) is 0 Å². The first-order valence-electron chi connectivity index (χ1n) is 8.09. The number of carbonyl (C=O) groups is 3. The van der Waals surface area contributed by atoms with Gasteiger partial charge in [-0.3, -0.25) is 25.2 Å². The van der Waals surface area contributed by atoms with Gasteiger partial charge in [0.2, 0.25) is 0 Å². The largest absolute Gasteiger partial charge is 0.494 e. The number of ketones is 1. The second-order valence-electron chi connectivity index (χ2n) is 5.47. The molecule has 1 heterocycles. The quantitative estimate of drug-likeness (QED) is 0.516. The molecule has 1 atom stereocenters. The van der Waals surface area contributed by atoms with Crippen molar-refractivity contribution in [1.82, 2.24) is 15.8 Å². The van der Waals surface area contributed by atoms with E-state index in [0.717, 1.165) is 0 Å². The number of hydrogen-bond donors (Lipinski definition) is 3. The van der Waals surface area contributed by atoms with Crippen LogP contribution in [0.25, 0.3) is 0 Å². The highest BCUT2D eigenvalue weighted by Gasteiger charge is 2.17. The minimum Gasteiger partial charge on any atom is -0.494 e. The Bertz CT molecular complexity index is 782. The SMILES string of the molecule is CCOc1ccc(O[C@H](C)C(=O)NNC(=O)c2cc(C(C)=O)c[nH]2)cc1. The Morgan fingerprint density at radius 1 is 1.12 bits per heavy atom. The number of aromatic nitrogens is 1. The van der Waals surface area contributed by atoms with Gasteiger partial charge in [0.15, 0.2) is 11.9 Å². The zero-order valence-electron chi connectivity index (χ0n) is 14.8. The topological polar surface area (TPSA) is 110 Å². The molecule has 0 saturated carbocycles. The molecule has 0 fully saturated rings. The second kappa shape index (κ2) is 8.70. The van der Waals surface area contributed by atoms with Crippen LogP contribution in [0.5, 0.6) is 11.5 Å². The van der Waals surface area contributed by atoms with Gasteiger partial charge in [0, 0.05) is 11.8 Å². The molecule has 138 valence electrons. The summed E-state index contributed by atoms with van der Waals surface area (Å²) in [5, 5.41) is 0. The van der Waals surface area contributed by atoms with Crippen LogP contribution >= 0.6 is 0 Å². The molecular weight excluding hydrogens is 338 g/mol. The monoisotopic (exact) mass is 359 g/mol. The molecule has 26 heavy (non-hydrogen) atoms. The van der Waals surface area contributed by atoms with Gasteiger partial charge >= 0.3 is 0 Å². The maximum Gasteiger partial charge on any atom is 0.286 e. The van der Waals surface area contributed by atoms with Crippen LogP contribution < -0.4 is 20.3 Å². The van der Waals surface area contributed by atoms with Gasteiger partial charge in [0.1, 0.15) is 17.2 Å². The molecular formula is C18H21N3O5. The summed E-state index contributed by atoms with van der Waals surface area (Å²) in [7, 11) is 0. The van der Waals surface area contributed by atoms with Crippen molar-refractivity contribution in [3.63, 3.8) is 0 Å². The molecule has 2 rings (SSSR count). The molecule has 0 aliphatic heterocycles.